The third kappa shape index (κ3) is 5.42. The van der Waals surface area contributed by atoms with Crippen LogP contribution in [0.3, 0.4) is 0 Å². The van der Waals surface area contributed by atoms with Gasteiger partial charge in [-0.25, -0.2) is 0 Å². The summed E-state index contributed by atoms with van der Waals surface area (Å²) < 4.78 is 0. The largest absolute Gasteiger partial charge is 0.372 e. The molecule has 0 spiro atoms. The number of hydrogen-bond acceptors (Lipinski definition) is 2. The van der Waals surface area contributed by atoms with Gasteiger partial charge in [0.1, 0.15) is 0 Å². The Morgan fingerprint density at radius 2 is 2.00 bits per heavy atom. The van der Waals surface area contributed by atoms with Gasteiger partial charge in [-0.1, -0.05) is 44.9 Å². The van der Waals surface area contributed by atoms with Gasteiger partial charge < -0.3 is 10.2 Å². The molecule has 0 fully saturated rings. The van der Waals surface area contributed by atoms with Crippen LogP contribution >= 0.6 is 11.6 Å². The van der Waals surface area contributed by atoms with E-state index in [0.717, 1.165) is 24.7 Å². The summed E-state index contributed by atoms with van der Waals surface area (Å²) in [7, 11) is 0. The summed E-state index contributed by atoms with van der Waals surface area (Å²) >= 11 is 6.38. The molecule has 1 aromatic rings. The minimum Gasteiger partial charge on any atom is -0.372 e. The van der Waals surface area contributed by atoms with Crippen molar-refractivity contribution in [3.05, 3.63) is 28.8 Å². The second-order valence-electron chi connectivity index (χ2n) is 5.24. The average molecular weight is 283 g/mol. The quantitative estimate of drug-likeness (QED) is 0.757. The van der Waals surface area contributed by atoms with Crippen molar-refractivity contribution in [3.8, 4) is 0 Å². The number of rotatable bonds is 8. The molecule has 0 bridgehead atoms. The second kappa shape index (κ2) is 8.44. The van der Waals surface area contributed by atoms with E-state index in [1.807, 2.05) is 0 Å². The van der Waals surface area contributed by atoms with Gasteiger partial charge in [-0.05, 0) is 31.0 Å². The van der Waals surface area contributed by atoms with Crippen molar-refractivity contribution in [2.45, 2.75) is 53.1 Å². The topological polar surface area (TPSA) is 15.3 Å². The van der Waals surface area contributed by atoms with Gasteiger partial charge in [-0.2, -0.15) is 0 Å². The van der Waals surface area contributed by atoms with Gasteiger partial charge in [-0.15, -0.1) is 0 Å². The van der Waals surface area contributed by atoms with Crippen molar-refractivity contribution in [1.29, 1.82) is 0 Å². The minimum absolute atomic E-state index is 0.479. The average Bonchev–Trinajstić information content (AvgIpc) is 2.38. The normalized spacial score (nSPS) is 11.1. The van der Waals surface area contributed by atoms with Crippen LogP contribution in [0.25, 0.3) is 0 Å². The van der Waals surface area contributed by atoms with Crippen LogP contribution in [-0.4, -0.2) is 19.1 Å². The van der Waals surface area contributed by atoms with Crippen molar-refractivity contribution >= 4 is 17.3 Å². The van der Waals surface area contributed by atoms with E-state index in [1.54, 1.807) is 0 Å². The van der Waals surface area contributed by atoms with E-state index >= 15 is 0 Å². The summed E-state index contributed by atoms with van der Waals surface area (Å²) in [5.74, 6) is 0. The molecule has 3 heteroatoms. The number of halogens is 1. The Balaban J connectivity index is 2.73. The minimum atomic E-state index is 0.479. The highest BCUT2D eigenvalue weighted by molar-refractivity contribution is 6.31. The summed E-state index contributed by atoms with van der Waals surface area (Å²) in [6, 6.07) is 6.90. The molecule has 0 heterocycles. The monoisotopic (exact) mass is 282 g/mol. The van der Waals surface area contributed by atoms with Crippen LogP contribution in [0.5, 0.6) is 0 Å². The summed E-state index contributed by atoms with van der Waals surface area (Å²) in [5, 5.41) is 4.26. The third-order valence-electron chi connectivity index (χ3n) is 3.27. The molecule has 0 aromatic heterocycles. The van der Waals surface area contributed by atoms with E-state index in [0.29, 0.717) is 6.04 Å². The first kappa shape index (κ1) is 16.3. The van der Waals surface area contributed by atoms with Gasteiger partial charge in [0.15, 0.2) is 0 Å². The van der Waals surface area contributed by atoms with Crippen LogP contribution in [0.4, 0.5) is 5.69 Å². The molecule has 0 atom stereocenters. The van der Waals surface area contributed by atoms with E-state index in [-0.39, 0.29) is 0 Å². The number of unbranched alkanes of at least 4 members (excludes halogenated alkanes) is 1. The van der Waals surface area contributed by atoms with Gasteiger partial charge in [0.2, 0.25) is 0 Å². The van der Waals surface area contributed by atoms with Crippen LogP contribution in [0.15, 0.2) is 18.2 Å². The van der Waals surface area contributed by atoms with Gasteiger partial charge in [0, 0.05) is 36.4 Å². The molecule has 108 valence electrons. The van der Waals surface area contributed by atoms with Gasteiger partial charge >= 0.3 is 0 Å². The Morgan fingerprint density at radius 1 is 1.26 bits per heavy atom. The van der Waals surface area contributed by atoms with E-state index in [9.17, 15) is 0 Å². The van der Waals surface area contributed by atoms with Crippen molar-refractivity contribution in [2.24, 2.45) is 0 Å². The summed E-state index contributed by atoms with van der Waals surface area (Å²) in [5.41, 5.74) is 2.40. The SMILES string of the molecule is CCCCN(CC)c1ccc(CNC(C)C)c(Cl)c1. The molecule has 0 saturated carbocycles. The van der Waals surface area contributed by atoms with Crippen LogP contribution in [0, 0.1) is 0 Å². The first-order valence-electron chi connectivity index (χ1n) is 7.35. The zero-order valence-electron chi connectivity index (χ0n) is 12.7. The Labute approximate surface area is 123 Å². The maximum atomic E-state index is 6.38. The fourth-order valence-electron chi connectivity index (χ4n) is 2.01. The Morgan fingerprint density at radius 3 is 2.53 bits per heavy atom. The molecule has 0 radical (unpaired) electrons. The molecule has 0 aliphatic carbocycles. The molecular weight excluding hydrogens is 256 g/mol. The zero-order chi connectivity index (χ0) is 14.3. The van der Waals surface area contributed by atoms with E-state index in [2.05, 4.69) is 56.1 Å². The summed E-state index contributed by atoms with van der Waals surface area (Å²) in [4.78, 5) is 2.38. The lowest BCUT2D eigenvalue weighted by Crippen LogP contribution is -2.24. The molecule has 2 nitrogen and oxygen atoms in total. The first-order valence-corrected chi connectivity index (χ1v) is 7.73. The van der Waals surface area contributed by atoms with Gasteiger partial charge in [-0.3, -0.25) is 0 Å². The number of nitrogens with zero attached hydrogens (tertiary/aromatic N) is 1. The Kier molecular flexibility index (Phi) is 7.25. The van der Waals surface area contributed by atoms with Crippen molar-refractivity contribution in [2.75, 3.05) is 18.0 Å². The molecule has 0 saturated heterocycles. The molecule has 0 amide bonds. The summed E-state index contributed by atoms with van der Waals surface area (Å²) in [6.45, 7) is 11.7. The highest BCUT2D eigenvalue weighted by Crippen LogP contribution is 2.24. The Bertz CT molecular complexity index is 377. The molecule has 0 unspecified atom stereocenters. The highest BCUT2D eigenvalue weighted by atomic mass is 35.5. The smallest absolute Gasteiger partial charge is 0.0471 e. The number of benzene rings is 1. The molecule has 1 N–H and O–H groups in total. The fraction of sp³-hybridized carbons (Fsp3) is 0.625. The van der Waals surface area contributed by atoms with E-state index in [4.69, 9.17) is 11.6 Å². The maximum Gasteiger partial charge on any atom is 0.0471 e. The lowest BCUT2D eigenvalue weighted by Gasteiger charge is -2.23. The predicted molar refractivity (Wildman–Crippen MR) is 86.2 cm³/mol. The van der Waals surface area contributed by atoms with Gasteiger partial charge in [0.25, 0.3) is 0 Å². The molecular formula is C16H27ClN2. The van der Waals surface area contributed by atoms with Gasteiger partial charge in [0.05, 0.1) is 0 Å². The van der Waals surface area contributed by atoms with E-state index in [1.165, 1.54) is 24.1 Å². The molecule has 1 aromatic carbocycles. The standard InChI is InChI=1S/C16H27ClN2/c1-5-7-10-19(6-2)15-9-8-14(16(17)11-15)12-18-13(3)4/h8-9,11,13,18H,5-7,10,12H2,1-4H3. The lowest BCUT2D eigenvalue weighted by molar-refractivity contribution is 0.589. The predicted octanol–water partition coefficient (Wildman–Crippen LogP) is 4.46. The number of anilines is 1. The number of hydrogen-bond donors (Lipinski definition) is 1. The molecule has 1 rings (SSSR count). The molecule has 0 aliphatic heterocycles. The second-order valence-corrected chi connectivity index (χ2v) is 5.65. The third-order valence-corrected chi connectivity index (χ3v) is 3.62. The summed E-state index contributed by atoms with van der Waals surface area (Å²) in [6.07, 6.45) is 2.45. The number of nitrogens with one attached hydrogen (secondary N) is 1. The molecule has 0 aliphatic rings. The molecule has 19 heavy (non-hydrogen) atoms. The van der Waals surface area contributed by atoms with Crippen LogP contribution in [-0.2, 0) is 6.54 Å². The first-order chi connectivity index (χ1) is 9.08. The lowest BCUT2D eigenvalue weighted by atomic mass is 10.1. The van der Waals surface area contributed by atoms with Crippen LogP contribution in [0.2, 0.25) is 5.02 Å². The highest BCUT2D eigenvalue weighted by Gasteiger charge is 2.07. The van der Waals surface area contributed by atoms with Crippen LogP contribution in [0.1, 0.15) is 46.1 Å². The fourth-order valence-corrected chi connectivity index (χ4v) is 2.25. The maximum absolute atomic E-state index is 6.38. The van der Waals surface area contributed by atoms with E-state index < -0.39 is 0 Å². The van der Waals surface area contributed by atoms with Crippen molar-refractivity contribution < 1.29 is 0 Å². The zero-order valence-corrected chi connectivity index (χ0v) is 13.4. The van der Waals surface area contributed by atoms with Crippen molar-refractivity contribution in [3.63, 3.8) is 0 Å². The van der Waals surface area contributed by atoms with Crippen LogP contribution < -0.4 is 10.2 Å². The Hall–Kier alpha value is -0.730. The van der Waals surface area contributed by atoms with Crippen molar-refractivity contribution in [1.82, 2.24) is 5.32 Å².